The second-order valence-electron chi connectivity index (χ2n) is 3.78. The van der Waals surface area contributed by atoms with Crippen LogP contribution in [0.25, 0.3) is 0 Å². The molecule has 0 aliphatic heterocycles. The molecular formula is C13H16Br2O. The molecule has 0 saturated heterocycles. The molecule has 0 spiro atoms. The molecule has 16 heavy (non-hydrogen) atoms. The van der Waals surface area contributed by atoms with E-state index in [1.54, 1.807) is 0 Å². The van der Waals surface area contributed by atoms with E-state index in [0.717, 1.165) is 18.4 Å². The Morgan fingerprint density at radius 1 is 1.25 bits per heavy atom. The Bertz CT molecular complexity index is 324. The molecular weight excluding hydrogens is 332 g/mol. The van der Waals surface area contributed by atoms with Crippen molar-refractivity contribution in [1.29, 1.82) is 0 Å². The zero-order valence-corrected chi connectivity index (χ0v) is 12.5. The van der Waals surface area contributed by atoms with Gasteiger partial charge < -0.3 is 0 Å². The first kappa shape index (κ1) is 13.9. The lowest BCUT2D eigenvalue weighted by molar-refractivity contribution is -0.118. The summed E-state index contributed by atoms with van der Waals surface area (Å²) in [4.78, 5) is 11.8. The van der Waals surface area contributed by atoms with E-state index < -0.39 is 0 Å². The third-order valence-corrected chi connectivity index (χ3v) is 5.27. The Morgan fingerprint density at radius 2 is 1.88 bits per heavy atom. The minimum absolute atomic E-state index is 0.0538. The number of hydrogen-bond acceptors (Lipinski definition) is 1. The first-order valence-electron chi connectivity index (χ1n) is 5.52. The van der Waals surface area contributed by atoms with Crippen LogP contribution in [0.3, 0.4) is 0 Å². The normalized spacial score (nSPS) is 14.4. The van der Waals surface area contributed by atoms with Gasteiger partial charge in [0.1, 0.15) is 5.78 Å². The van der Waals surface area contributed by atoms with E-state index in [9.17, 15) is 4.79 Å². The number of Topliss-reactive ketones (excluding diaryl/α,β-unsaturated/α-hetero) is 1. The Hall–Kier alpha value is -0.150. The van der Waals surface area contributed by atoms with Crippen molar-refractivity contribution in [2.45, 2.75) is 35.8 Å². The van der Waals surface area contributed by atoms with E-state index in [4.69, 9.17) is 0 Å². The zero-order chi connectivity index (χ0) is 12.0. The third-order valence-electron chi connectivity index (χ3n) is 2.46. The molecule has 0 aliphatic rings. The first-order chi connectivity index (χ1) is 7.66. The number of carbonyl (C=O) groups is 1. The maximum Gasteiger partial charge on any atom is 0.147 e. The summed E-state index contributed by atoms with van der Waals surface area (Å²) < 4.78 is 0. The molecule has 0 bridgehead atoms. The molecule has 2 unspecified atom stereocenters. The van der Waals surface area contributed by atoms with Gasteiger partial charge in [-0.15, -0.1) is 0 Å². The molecule has 3 heteroatoms. The number of carbonyl (C=O) groups excluding carboxylic acids is 1. The highest BCUT2D eigenvalue weighted by Crippen LogP contribution is 2.32. The number of rotatable bonds is 6. The number of ketones is 1. The molecule has 2 atom stereocenters. The van der Waals surface area contributed by atoms with Crippen molar-refractivity contribution in [3.8, 4) is 0 Å². The fourth-order valence-electron chi connectivity index (χ4n) is 1.46. The maximum atomic E-state index is 11.8. The lowest BCUT2D eigenvalue weighted by Crippen LogP contribution is -2.18. The molecule has 0 heterocycles. The van der Waals surface area contributed by atoms with Gasteiger partial charge in [-0.1, -0.05) is 75.5 Å². The zero-order valence-electron chi connectivity index (χ0n) is 9.33. The molecule has 1 aromatic rings. The Kier molecular flexibility index (Phi) is 6.29. The van der Waals surface area contributed by atoms with Crippen molar-refractivity contribution in [3.63, 3.8) is 0 Å². The molecule has 0 aromatic heterocycles. The first-order valence-corrected chi connectivity index (χ1v) is 7.35. The van der Waals surface area contributed by atoms with Crippen molar-refractivity contribution in [1.82, 2.24) is 0 Å². The average Bonchev–Trinajstić information content (AvgIpc) is 2.35. The summed E-state index contributed by atoms with van der Waals surface area (Å²) in [5.41, 5.74) is 1.13. The van der Waals surface area contributed by atoms with Crippen LogP contribution in [-0.2, 0) is 4.79 Å². The molecule has 0 radical (unpaired) electrons. The summed E-state index contributed by atoms with van der Waals surface area (Å²) in [5.74, 6) is 0.271. The van der Waals surface area contributed by atoms with Crippen LogP contribution in [0.4, 0.5) is 0 Å². The van der Waals surface area contributed by atoms with Crippen LogP contribution in [-0.4, -0.2) is 10.6 Å². The summed E-state index contributed by atoms with van der Waals surface area (Å²) in [7, 11) is 0. The summed E-state index contributed by atoms with van der Waals surface area (Å²) in [6, 6.07) is 10.0. The third kappa shape index (κ3) is 4.02. The molecule has 0 N–H and O–H groups in total. The quantitative estimate of drug-likeness (QED) is 0.685. The van der Waals surface area contributed by atoms with E-state index in [2.05, 4.69) is 38.8 Å². The SMILES string of the molecule is CCCCC(=O)C(Br)C(Br)c1ccccc1. The van der Waals surface area contributed by atoms with Crippen LogP contribution in [0.5, 0.6) is 0 Å². The van der Waals surface area contributed by atoms with Crippen molar-refractivity contribution >= 4 is 37.6 Å². The van der Waals surface area contributed by atoms with Crippen LogP contribution < -0.4 is 0 Å². The van der Waals surface area contributed by atoms with Gasteiger partial charge >= 0.3 is 0 Å². The highest BCUT2D eigenvalue weighted by Gasteiger charge is 2.23. The second-order valence-corrected chi connectivity index (χ2v) is 5.76. The predicted molar refractivity (Wildman–Crippen MR) is 75.4 cm³/mol. The molecule has 0 aliphatic carbocycles. The van der Waals surface area contributed by atoms with Crippen molar-refractivity contribution < 1.29 is 4.79 Å². The number of unbranched alkanes of at least 4 members (excludes halogenated alkanes) is 1. The number of benzene rings is 1. The van der Waals surface area contributed by atoms with E-state index in [1.807, 2.05) is 30.3 Å². The van der Waals surface area contributed by atoms with E-state index in [0.29, 0.717) is 6.42 Å². The smallest absolute Gasteiger partial charge is 0.147 e. The molecule has 0 amide bonds. The molecule has 0 fully saturated rings. The van der Waals surface area contributed by atoms with E-state index >= 15 is 0 Å². The Labute approximate surface area is 114 Å². The number of halogens is 2. The van der Waals surface area contributed by atoms with Gasteiger partial charge in [0.2, 0.25) is 0 Å². The second kappa shape index (κ2) is 7.23. The summed E-state index contributed by atoms with van der Waals surface area (Å²) in [6.07, 6.45) is 2.68. The van der Waals surface area contributed by atoms with Gasteiger partial charge in [-0.05, 0) is 12.0 Å². The standard InChI is InChI=1S/C13H16Br2O/c1-2-3-9-11(16)13(15)12(14)10-7-5-4-6-8-10/h4-8,12-13H,2-3,9H2,1H3. The summed E-state index contributed by atoms with van der Waals surface area (Å²) in [6.45, 7) is 2.10. The fourth-order valence-corrected chi connectivity index (χ4v) is 2.59. The van der Waals surface area contributed by atoms with Crippen LogP contribution >= 0.6 is 31.9 Å². The molecule has 1 aromatic carbocycles. The van der Waals surface area contributed by atoms with Crippen molar-refractivity contribution in [2.75, 3.05) is 0 Å². The van der Waals surface area contributed by atoms with Gasteiger partial charge in [-0.2, -0.15) is 0 Å². The lowest BCUT2D eigenvalue weighted by Gasteiger charge is -2.15. The molecule has 1 nitrogen and oxygen atoms in total. The van der Waals surface area contributed by atoms with Gasteiger partial charge in [0, 0.05) is 6.42 Å². The van der Waals surface area contributed by atoms with Gasteiger partial charge in [-0.3, -0.25) is 4.79 Å². The van der Waals surface area contributed by atoms with Crippen LogP contribution in [0.15, 0.2) is 30.3 Å². The van der Waals surface area contributed by atoms with E-state index in [-0.39, 0.29) is 15.4 Å². The summed E-state index contributed by atoms with van der Waals surface area (Å²) in [5, 5.41) is 0. The largest absolute Gasteiger partial charge is 0.298 e. The van der Waals surface area contributed by atoms with Crippen LogP contribution in [0.2, 0.25) is 0 Å². The maximum absolute atomic E-state index is 11.8. The number of alkyl halides is 2. The van der Waals surface area contributed by atoms with Crippen LogP contribution in [0.1, 0.15) is 36.6 Å². The minimum Gasteiger partial charge on any atom is -0.298 e. The van der Waals surface area contributed by atoms with Gasteiger partial charge in [0.15, 0.2) is 0 Å². The average molecular weight is 348 g/mol. The summed E-state index contributed by atoms with van der Waals surface area (Å²) >= 11 is 7.06. The monoisotopic (exact) mass is 346 g/mol. The molecule has 88 valence electrons. The van der Waals surface area contributed by atoms with Crippen molar-refractivity contribution in [2.24, 2.45) is 0 Å². The number of hydrogen-bond donors (Lipinski definition) is 0. The molecule has 1 rings (SSSR count). The predicted octanol–water partition coefficient (Wildman–Crippen LogP) is 4.65. The minimum atomic E-state index is -0.138. The Balaban J connectivity index is 2.60. The fraction of sp³-hybridized carbons (Fsp3) is 0.462. The lowest BCUT2D eigenvalue weighted by atomic mass is 10.0. The highest BCUT2D eigenvalue weighted by atomic mass is 79.9. The Morgan fingerprint density at radius 3 is 2.44 bits per heavy atom. The van der Waals surface area contributed by atoms with Crippen molar-refractivity contribution in [3.05, 3.63) is 35.9 Å². The highest BCUT2D eigenvalue weighted by molar-refractivity contribution is 9.12. The van der Waals surface area contributed by atoms with Gasteiger partial charge in [-0.25, -0.2) is 0 Å². The van der Waals surface area contributed by atoms with Gasteiger partial charge in [0.05, 0.1) is 9.65 Å². The van der Waals surface area contributed by atoms with Gasteiger partial charge in [0.25, 0.3) is 0 Å². The molecule has 0 saturated carbocycles. The van der Waals surface area contributed by atoms with Crippen LogP contribution in [0, 0.1) is 0 Å². The van der Waals surface area contributed by atoms with E-state index in [1.165, 1.54) is 0 Å². The topological polar surface area (TPSA) is 17.1 Å².